The molecule has 1 aromatic carbocycles. The fourth-order valence-corrected chi connectivity index (χ4v) is 2.82. The summed E-state index contributed by atoms with van der Waals surface area (Å²) in [7, 11) is -3.67. The lowest BCUT2D eigenvalue weighted by Crippen LogP contribution is -2.45. The third-order valence-electron chi connectivity index (χ3n) is 4.18. The third-order valence-corrected chi connectivity index (χ3v) is 5.11. The first-order chi connectivity index (χ1) is 10.3. The molecule has 132 valence electrons. The van der Waals surface area contributed by atoms with E-state index in [4.69, 9.17) is 10.9 Å². The maximum absolute atomic E-state index is 12.2. The van der Waals surface area contributed by atoms with E-state index in [2.05, 4.69) is 5.32 Å². The Kier molecular flexibility index (Phi) is 8.76. The highest BCUT2D eigenvalue weighted by Gasteiger charge is 2.32. The van der Waals surface area contributed by atoms with E-state index in [9.17, 15) is 13.2 Å². The smallest absolute Gasteiger partial charge is 0.238 e. The molecule has 0 spiro atoms. The van der Waals surface area contributed by atoms with Crippen molar-refractivity contribution >= 4 is 28.3 Å². The summed E-state index contributed by atoms with van der Waals surface area (Å²) in [5.74, 6) is -0.0267. The van der Waals surface area contributed by atoms with E-state index in [0.29, 0.717) is 32.4 Å². The van der Waals surface area contributed by atoms with Gasteiger partial charge in [0, 0.05) is 13.1 Å². The van der Waals surface area contributed by atoms with Gasteiger partial charge in [0.15, 0.2) is 0 Å². The van der Waals surface area contributed by atoms with E-state index in [1.54, 1.807) is 12.1 Å². The van der Waals surface area contributed by atoms with Crippen LogP contribution in [0.2, 0.25) is 0 Å². The van der Waals surface area contributed by atoms with Crippen LogP contribution in [0.3, 0.4) is 0 Å². The van der Waals surface area contributed by atoms with Crippen molar-refractivity contribution in [3.05, 3.63) is 29.8 Å². The van der Waals surface area contributed by atoms with Gasteiger partial charge in [-0.3, -0.25) is 4.79 Å². The number of nitrogens with one attached hydrogen (secondary N) is 1. The summed E-state index contributed by atoms with van der Waals surface area (Å²) in [5.41, 5.74) is 6.17. The molecule has 1 aromatic rings. The Morgan fingerprint density at radius 2 is 1.70 bits per heavy atom. The largest absolute Gasteiger partial charge is 0.355 e. The van der Waals surface area contributed by atoms with Gasteiger partial charge in [-0.2, -0.15) is 0 Å². The average Bonchev–Trinajstić information content (AvgIpc) is 2.49. The van der Waals surface area contributed by atoms with Crippen LogP contribution in [0.4, 0.5) is 0 Å². The highest BCUT2D eigenvalue weighted by molar-refractivity contribution is 7.89. The number of carbonyl (C=O) groups is 1. The minimum Gasteiger partial charge on any atom is -0.355 e. The van der Waals surface area contributed by atoms with Crippen molar-refractivity contribution in [3.63, 3.8) is 0 Å². The summed E-state index contributed by atoms with van der Waals surface area (Å²) < 4.78 is 22.3. The molecule has 8 heteroatoms. The molecule has 6 nitrogen and oxygen atoms in total. The molecule has 23 heavy (non-hydrogen) atoms. The Labute approximate surface area is 144 Å². The minimum absolute atomic E-state index is 0. The Bertz CT molecular complexity index is 591. The lowest BCUT2D eigenvalue weighted by atomic mass is 9.81. The Morgan fingerprint density at radius 3 is 2.09 bits per heavy atom. The molecule has 0 bridgehead atoms. The molecule has 0 atom stereocenters. The van der Waals surface area contributed by atoms with Crippen molar-refractivity contribution in [2.75, 3.05) is 13.1 Å². The molecule has 0 unspecified atom stereocenters. The second-order valence-corrected chi connectivity index (χ2v) is 6.95. The second kappa shape index (κ2) is 9.22. The SMILES string of the molecule is CCC(CC)(CN)C(=O)NCCc1ccc(S(N)(=O)=O)cc1.Cl. The van der Waals surface area contributed by atoms with Crippen molar-refractivity contribution in [1.82, 2.24) is 5.32 Å². The van der Waals surface area contributed by atoms with Gasteiger partial charge < -0.3 is 11.1 Å². The first-order valence-corrected chi connectivity index (χ1v) is 8.94. The molecule has 0 aliphatic rings. The summed E-state index contributed by atoms with van der Waals surface area (Å²) in [6.45, 7) is 4.73. The van der Waals surface area contributed by atoms with E-state index in [1.807, 2.05) is 13.8 Å². The van der Waals surface area contributed by atoms with E-state index in [1.165, 1.54) is 12.1 Å². The molecule has 0 saturated heterocycles. The summed E-state index contributed by atoms with van der Waals surface area (Å²) >= 11 is 0. The summed E-state index contributed by atoms with van der Waals surface area (Å²) in [6.07, 6.45) is 2.02. The normalized spacial score (nSPS) is 11.7. The lowest BCUT2D eigenvalue weighted by molar-refractivity contribution is -0.131. The van der Waals surface area contributed by atoms with Crippen molar-refractivity contribution < 1.29 is 13.2 Å². The van der Waals surface area contributed by atoms with E-state index < -0.39 is 15.4 Å². The fraction of sp³-hybridized carbons (Fsp3) is 0.533. The average molecular weight is 364 g/mol. The Balaban J connectivity index is 0.00000484. The summed E-state index contributed by atoms with van der Waals surface area (Å²) in [4.78, 5) is 12.3. The molecule has 5 N–H and O–H groups in total. The summed E-state index contributed by atoms with van der Waals surface area (Å²) in [6, 6.07) is 6.33. The quantitative estimate of drug-likeness (QED) is 0.643. The number of primary sulfonamides is 1. The molecule has 0 aliphatic heterocycles. The number of rotatable bonds is 8. The number of hydrogen-bond acceptors (Lipinski definition) is 4. The third kappa shape index (κ3) is 5.76. The standard InChI is InChI=1S/C15H25N3O3S.ClH/c1-3-15(4-2,11-16)14(19)18-10-9-12-5-7-13(8-6-12)22(17,20)21;/h5-8H,3-4,9-11,16H2,1-2H3,(H,18,19)(H2,17,20,21);1H. The van der Waals surface area contributed by atoms with Crippen molar-refractivity contribution in [2.45, 2.75) is 38.0 Å². The number of halogens is 1. The number of carbonyl (C=O) groups excluding carboxylic acids is 1. The molecule has 0 heterocycles. The summed E-state index contributed by atoms with van der Waals surface area (Å²) in [5, 5.41) is 7.95. The van der Waals surface area contributed by atoms with Gasteiger partial charge in [0.2, 0.25) is 15.9 Å². The highest BCUT2D eigenvalue weighted by Crippen LogP contribution is 2.24. The van der Waals surface area contributed by atoms with Gasteiger partial charge in [-0.05, 0) is 37.0 Å². The van der Waals surface area contributed by atoms with Gasteiger partial charge >= 0.3 is 0 Å². The van der Waals surface area contributed by atoms with Crippen LogP contribution in [-0.2, 0) is 21.2 Å². The second-order valence-electron chi connectivity index (χ2n) is 5.39. The van der Waals surface area contributed by atoms with Crippen LogP contribution in [0.1, 0.15) is 32.3 Å². The van der Waals surface area contributed by atoms with Gasteiger partial charge in [0.1, 0.15) is 0 Å². The van der Waals surface area contributed by atoms with E-state index in [0.717, 1.165) is 5.56 Å². The number of nitrogens with two attached hydrogens (primary N) is 2. The van der Waals surface area contributed by atoms with Crippen molar-refractivity contribution in [3.8, 4) is 0 Å². The molecular formula is C15H26ClN3O3S. The molecule has 1 rings (SSSR count). The predicted molar refractivity (Wildman–Crippen MR) is 93.8 cm³/mol. The van der Waals surface area contributed by atoms with Crippen LogP contribution in [0.5, 0.6) is 0 Å². The highest BCUT2D eigenvalue weighted by atomic mass is 35.5. The van der Waals surface area contributed by atoms with Crippen LogP contribution in [0.25, 0.3) is 0 Å². The van der Waals surface area contributed by atoms with Gasteiger partial charge in [0.05, 0.1) is 10.3 Å². The molecule has 0 saturated carbocycles. The number of benzene rings is 1. The predicted octanol–water partition coefficient (Wildman–Crippen LogP) is 1.18. The van der Waals surface area contributed by atoms with Crippen molar-refractivity contribution in [1.29, 1.82) is 0 Å². The van der Waals surface area contributed by atoms with Crippen LogP contribution < -0.4 is 16.2 Å². The van der Waals surface area contributed by atoms with Crippen LogP contribution in [0, 0.1) is 5.41 Å². The maximum atomic E-state index is 12.2. The number of hydrogen-bond donors (Lipinski definition) is 3. The minimum atomic E-state index is -3.67. The zero-order chi connectivity index (χ0) is 16.8. The van der Waals surface area contributed by atoms with Gasteiger partial charge in [-0.25, -0.2) is 13.6 Å². The van der Waals surface area contributed by atoms with Crippen LogP contribution >= 0.6 is 12.4 Å². The number of sulfonamides is 1. The Hall–Kier alpha value is -1.15. The van der Waals surface area contributed by atoms with E-state index >= 15 is 0 Å². The first kappa shape index (κ1) is 21.9. The molecular weight excluding hydrogens is 338 g/mol. The zero-order valence-corrected chi connectivity index (χ0v) is 15.2. The molecule has 0 aliphatic carbocycles. The maximum Gasteiger partial charge on any atom is 0.238 e. The van der Waals surface area contributed by atoms with E-state index in [-0.39, 0.29) is 23.2 Å². The Morgan fingerprint density at radius 1 is 1.17 bits per heavy atom. The monoisotopic (exact) mass is 363 g/mol. The fourth-order valence-electron chi connectivity index (χ4n) is 2.31. The first-order valence-electron chi connectivity index (χ1n) is 7.39. The molecule has 0 radical (unpaired) electrons. The molecule has 0 fully saturated rings. The number of amides is 1. The lowest BCUT2D eigenvalue weighted by Gasteiger charge is -2.28. The van der Waals surface area contributed by atoms with Gasteiger partial charge in [-0.1, -0.05) is 26.0 Å². The topological polar surface area (TPSA) is 115 Å². The molecule has 1 amide bonds. The zero-order valence-electron chi connectivity index (χ0n) is 13.5. The van der Waals surface area contributed by atoms with Crippen LogP contribution in [0.15, 0.2) is 29.2 Å². The van der Waals surface area contributed by atoms with Gasteiger partial charge in [-0.15, -0.1) is 12.4 Å². The van der Waals surface area contributed by atoms with Crippen LogP contribution in [-0.4, -0.2) is 27.4 Å². The molecule has 0 aromatic heterocycles. The van der Waals surface area contributed by atoms with Crippen molar-refractivity contribution in [2.24, 2.45) is 16.3 Å². The van der Waals surface area contributed by atoms with Gasteiger partial charge in [0.25, 0.3) is 0 Å².